The molecule has 0 radical (unpaired) electrons. The molecule has 0 spiro atoms. The second kappa shape index (κ2) is 10.4. The minimum Gasteiger partial charge on any atom is -0.487 e. The number of nitrogens with zero attached hydrogens (tertiary/aromatic N) is 1. The van der Waals surface area contributed by atoms with Crippen LogP contribution < -0.4 is 15.0 Å². The summed E-state index contributed by atoms with van der Waals surface area (Å²) >= 11 is 18.5. The molecule has 0 atom stereocenters. The molecular weight excluding hydrogens is 531 g/mol. The number of carbonyl (C=O) groups is 4. The van der Waals surface area contributed by atoms with Crippen LogP contribution in [0.15, 0.2) is 66.2 Å². The summed E-state index contributed by atoms with van der Waals surface area (Å²) in [4.78, 5) is 50.0. The lowest BCUT2D eigenvalue weighted by molar-refractivity contribution is -0.122. The first kappa shape index (κ1) is 25.2. The smallest absolute Gasteiger partial charge is 0.335 e. The molecule has 3 aromatic carbocycles. The Labute approximate surface area is 219 Å². The molecule has 0 saturated carbocycles. The van der Waals surface area contributed by atoms with E-state index < -0.39 is 23.8 Å². The van der Waals surface area contributed by atoms with Crippen LogP contribution in [0, 0.1) is 0 Å². The molecule has 3 aromatic rings. The van der Waals surface area contributed by atoms with Crippen molar-refractivity contribution >= 4 is 70.4 Å². The van der Waals surface area contributed by atoms with Crippen LogP contribution in [0.25, 0.3) is 6.08 Å². The van der Waals surface area contributed by atoms with Crippen LogP contribution in [0.2, 0.25) is 15.1 Å². The fourth-order valence-corrected chi connectivity index (χ4v) is 4.15. The number of hydrogen-bond donors (Lipinski definition) is 2. The lowest BCUT2D eigenvalue weighted by Gasteiger charge is -2.26. The number of rotatable bonds is 6. The van der Waals surface area contributed by atoms with Gasteiger partial charge in [0.25, 0.3) is 11.8 Å². The van der Waals surface area contributed by atoms with Crippen molar-refractivity contribution in [2.75, 3.05) is 4.90 Å². The van der Waals surface area contributed by atoms with Crippen LogP contribution in [0.5, 0.6) is 5.75 Å². The third-order valence-corrected chi connectivity index (χ3v) is 5.82. The van der Waals surface area contributed by atoms with Crippen LogP contribution in [-0.2, 0) is 16.2 Å². The monoisotopic (exact) mass is 544 g/mol. The first-order chi connectivity index (χ1) is 17.1. The Bertz CT molecular complexity index is 1440. The van der Waals surface area contributed by atoms with Gasteiger partial charge in [-0.3, -0.25) is 14.9 Å². The van der Waals surface area contributed by atoms with Gasteiger partial charge in [-0.15, -0.1) is 0 Å². The van der Waals surface area contributed by atoms with Gasteiger partial charge in [0.15, 0.2) is 0 Å². The van der Waals surface area contributed by atoms with Crippen molar-refractivity contribution < 1.29 is 29.0 Å². The lowest BCUT2D eigenvalue weighted by Crippen LogP contribution is -2.54. The molecule has 1 fully saturated rings. The molecule has 0 bridgehead atoms. The van der Waals surface area contributed by atoms with Gasteiger partial charge >= 0.3 is 12.0 Å². The predicted octanol–water partition coefficient (Wildman–Crippen LogP) is 5.59. The van der Waals surface area contributed by atoms with Gasteiger partial charge in [-0.2, -0.15) is 0 Å². The molecule has 0 aliphatic carbocycles. The van der Waals surface area contributed by atoms with Gasteiger partial charge in [0.05, 0.1) is 16.3 Å². The number of urea groups is 1. The molecule has 1 saturated heterocycles. The van der Waals surface area contributed by atoms with Gasteiger partial charge in [-0.25, -0.2) is 14.5 Å². The number of halogens is 3. The number of imide groups is 2. The highest BCUT2D eigenvalue weighted by Crippen LogP contribution is 2.35. The molecular formula is C25H15Cl3N2O6. The van der Waals surface area contributed by atoms with Crippen molar-refractivity contribution in [2.45, 2.75) is 6.61 Å². The normalized spacial score (nSPS) is 14.7. The highest BCUT2D eigenvalue weighted by Gasteiger charge is 2.37. The highest BCUT2D eigenvalue weighted by molar-refractivity contribution is 6.40. The van der Waals surface area contributed by atoms with Crippen LogP contribution in [0.3, 0.4) is 0 Å². The summed E-state index contributed by atoms with van der Waals surface area (Å²) in [6.07, 6.45) is 1.22. The van der Waals surface area contributed by atoms with E-state index in [0.29, 0.717) is 10.6 Å². The second-order valence-corrected chi connectivity index (χ2v) is 8.81. The van der Waals surface area contributed by atoms with E-state index in [0.717, 1.165) is 4.90 Å². The molecule has 4 amide bonds. The van der Waals surface area contributed by atoms with Gasteiger partial charge in [0.2, 0.25) is 0 Å². The number of anilines is 1. The first-order valence-electron chi connectivity index (χ1n) is 10.2. The number of carboxylic acid groups (broad SMARTS) is 1. The van der Waals surface area contributed by atoms with E-state index in [2.05, 4.69) is 5.32 Å². The van der Waals surface area contributed by atoms with E-state index in [-0.39, 0.29) is 44.8 Å². The molecule has 11 heteroatoms. The zero-order chi connectivity index (χ0) is 26.0. The van der Waals surface area contributed by atoms with Gasteiger partial charge in [0, 0.05) is 15.6 Å². The predicted molar refractivity (Wildman–Crippen MR) is 135 cm³/mol. The number of amides is 4. The van der Waals surface area contributed by atoms with E-state index in [1.807, 2.05) is 0 Å². The quantitative estimate of drug-likeness (QED) is 0.308. The number of carboxylic acids is 1. The largest absolute Gasteiger partial charge is 0.487 e. The zero-order valence-corrected chi connectivity index (χ0v) is 20.4. The number of aromatic carboxylic acids is 1. The number of benzene rings is 3. The number of hydrogen-bond acceptors (Lipinski definition) is 5. The lowest BCUT2D eigenvalue weighted by atomic mass is 10.1. The number of nitrogens with one attached hydrogen (secondary N) is 1. The first-order valence-corrected chi connectivity index (χ1v) is 11.4. The minimum atomic E-state index is -1.06. The summed E-state index contributed by atoms with van der Waals surface area (Å²) < 4.78 is 5.85. The maximum Gasteiger partial charge on any atom is 0.335 e. The Kier molecular flexibility index (Phi) is 7.30. The van der Waals surface area contributed by atoms with Crippen molar-refractivity contribution in [3.8, 4) is 5.75 Å². The van der Waals surface area contributed by atoms with Crippen LogP contribution >= 0.6 is 34.8 Å². The van der Waals surface area contributed by atoms with Gasteiger partial charge in [0.1, 0.15) is 17.9 Å². The maximum absolute atomic E-state index is 13.2. The average molecular weight is 546 g/mol. The average Bonchev–Trinajstić information content (AvgIpc) is 2.81. The van der Waals surface area contributed by atoms with E-state index in [9.17, 15) is 19.2 Å². The minimum absolute atomic E-state index is 0.00466. The number of ether oxygens (including phenoxy) is 1. The van der Waals surface area contributed by atoms with Gasteiger partial charge in [-0.05, 0) is 54.1 Å². The molecule has 1 heterocycles. The van der Waals surface area contributed by atoms with Crippen molar-refractivity contribution in [2.24, 2.45) is 0 Å². The SMILES string of the molecule is O=C1NC(=O)N(c2cccc(Cl)c2)C(=O)/C1=C/c1cc(Cl)cc(Cl)c1OCc1ccc(C(=O)O)cc1. The third-order valence-electron chi connectivity index (χ3n) is 5.09. The van der Waals surface area contributed by atoms with E-state index in [4.69, 9.17) is 44.6 Å². The van der Waals surface area contributed by atoms with E-state index in [1.54, 1.807) is 24.3 Å². The fourth-order valence-electron chi connectivity index (χ4n) is 3.40. The molecule has 36 heavy (non-hydrogen) atoms. The summed E-state index contributed by atoms with van der Waals surface area (Å²) in [5.41, 5.74) is 0.800. The number of carbonyl (C=O) groups excluding carboxylic acids is 3. The van der Waals surface area contributed by atoms with Crippen LogP contribution in [0.4, 0.5) is 10.5 Å². The number of barbiturate groups is 1. The fraction of sp³-hybridized carbons (Fsp3) is 0.0400. The Morgan fingerprint density at radius 1 is 0.972 bits per heavy atom. The molecule has 4 rings (SSSR count). The standard InChI is InChI=1S/C25H15Cl3N2O6/c26-16-2-1-3-18(10-16)30-23(32)19(22(31)29-25(30)35)9-15-8-17(27)11-20(28)21(15)36-12-13-4-6-14(7-5-13)24(33)34/h1-11H,12H2,(H,33,34)(H,29,31,35)/b19-9+. The molecule has 182 valence electrons. The van der Waals surface area contributed by atoms with Gasteiger partial charge in [-0.1, -0.05) is 53.0 Å². The topological polar surface area (TPSA) is 113 Å². The van der Waals surface area contributed by atoms with E-state index >= 15 is 0 Å². The van der Waals surface area contributed by atoms with Crippen LogP contribution in [0.1, 0.15) is 21.5 Å². The summed E-state index contributed by atoms with van der Waals surface area (Å²) in [6.45, 7) is 0.00466. The molecule has 1 aliphatic rings. The van der Waals surface area contributed by atoms with E-state index in [1.165, 1.54) is 42.5 Å². The van der Waals surface area contributed by atoms with Crippen molar-refractivity contribution in [3.05, 3.63) is 98.0 Å². The molecule has 8 nitrogen and oxygen atoms in total. The molecule has 2 N–H and O–H groups in total. The van der Waals surface area contributed by atoms with Crippen molar-refractivity contribution in [1.29, 1.82) is 0 Å². The Morgan fingerprint density at radius 2 is 1.69 bits per heavy atom. The highest BCUT2D eigenvalue weighted by atomic mass is 35.5. The summed E-state index contributed by atoms with van der Waals surface area (Å²) in [5.74, 6) is -2.72. The Hall–Kier alpha value is -3.85. The molecule has 1 aliphatic heterocycles. The zero-order valence-electron chi connectivity index (χ0n) is 18.1. The Balaban J connectivity index is 1.68. The molecule has 0 aromatic heterocycles. The van der Waals surface area contributed by atoms with Crippen molar-refractivity contribution in [1.82, 2.24) is 5.32 Å². The van der Waals surface area contributed by atoms with Crippen LogP contribution in [-0.4, -0.2) is 28.9 Å². The summed E-state index contributed by atoms with van der Waals surface area (Å²) in [7, 11) is 0. The second-order valence-electron chi connectivity index (χ2n) is 7.53. The van der Waals surface area contributed by atoms with Crippen molar-refractivity contribution in [3.63, 3.8) is 0 Å². The summed E-state index contributed by atoms with van der Waals surface area (Å²) in [5, 5.41) is 11.8. The third kappa shape index (κ3) is 5.36. The van der Waals surface area contributed by atoms with Gasteiger partial charge < -0.3 is 9.84 Å². The summed E-state index contributed by atoms with van der Waals surface area (Å²) in [6, 6.07) is 14.0. The maximum atomic E-state index is 13.2. The Morgan fingerprint density at radius 3 is 2.36 bits per heavy atom. The molecule has 0 unspecified atom stereocenters.